The molecule has 0 aromatic carbocycles. The van der Waals surface area contributed by atoms with Crippen LogP contribution in [0.2, 0.25) is 0 Å². The number of hydrogen-bond acceptors (Lipinski definition) is 6. The van der Waals surface area contributed by atoms with E-state index in [9.17, 15) is 9.59 Å². The van der Waals surface area contributed by atoms with E-state index in [4.69, 9.17) is 10.2 Å². The molecule has 8 heteroatoms. The van der Waals surface area contributed by atoms with Gasteiger partial charge in [0.1, 0.15) is 0 Å². The number of aliphatic hydroxyl groups excluding tert-OH is 2. The lowest BCUT2D eigenvalue weighted by molar-refractivity contribution is -0.136. The fourth-order valence-electron chi connectivity index (χ4n) is 2.58. The molecule has 1 aliphatic rings. The lowest BCUT2D eigenvalue weighted by atomic mass is 9.92. The third-order valence-corrected chi connectivity index (χ3v) is 5.10. The molecule has 1 aromatic rings. The summed E-state index contributed by atoms with van der Waals surface area (Å²) in [6.45, 7) is 6.36. The Bertz CT molecular complexity index is 648. The number of aromatic nitrogens is 2. The van der Waals surface area contributed by atoms with Crippen molar-refractivity contribution in [1.29, 1.82) is 0 Å². The first kappa shape index (κ1) is 19.0. The minimum Gasteiger partial charge on any atom is -0.395 e. The lowest BCUT2D eigenvalue weighted by Gasteiger charge is -2.30. The SMILES string of the molecule is CC(C)(C)c1cc(=O)n2c(n1)SCC(C(=O)N(CCO)CCO)C2. The Morgan fingerprint density at radius 2 is 2.00 bits per heavy atom. The first-order chi connectivity index (χ1) is 11.3. The van der Waals surface area contributed by atoms with Crippen molar-refractivity contribution in [3.63, 3.8) is 0 Å². The van der Waals surface area contributed by atoms with Crippen molar-refractivity contribution in [2.24, 2.45) is 5.92 Å². The van der Waals surface area contributed by atoms with Crippen molar-refractivity contribution in [1.82, 2.24) is 14.5 Å². The fourth-order valence-corrected chi connectivity index (χ4v) is 3.66. The zero-order valence-corrected chi connectivity index (χ0v) is 15.2. The Kier molecular flexibility index (Phi) is 6.06. The molecule has 0 radical (unpaired) electrons. The zero-order valence-electron chi connectivity index (χ0n) is 14.4. The predicted molar refractivity (Wildman–Crippen MR) is 92.2 cm³/mol. The molecule has 24 heavy (non-hydrogen) atoms. The van der Waals surface area contributed by atoms with Gasteiger partial charge in [-0.15, -0.1) is 0 Å². The normalized spacial score (nSPS) is 17.5. The predicted octanol–water partition coefficient (Wildman–Crippen LogP) is 0.0759. The molecule has 0 spiro atoms. The third-order valence-electron chi connectivity index (χ3n) is 3.96. The van der Waals surface area contributed by atoms with Crippen LogP contribution in [0.15, 0.2) is 16.0 Å². The Morgan fingerprint density at radius 1 is 1.38 bits per heavy atom. The topological polar surface area (TPSA) is 95.7 Å². The Hall–Kier alpha value is -1.38. The molecule has 2 N–H and O–H groups in total. The monoisotopic (exact) mass is 355 g/mol. The van der Waals surface area contributed by atoms with Crippen LogP contribution < -0.4 is 5.56 Å². The van der Waals surface area contributed by atoms with E-state index in [1.165, 1.54) is 22.7 Å². The summed E-state index contributed by atoms with van der Waals surface area (Å²) in [5.74, 6) is 0.0234. The van der Waals surface area contributed by atoms with Crippen molar-refractivity contribution < 1.29 is 15.0 Å². The Labute approximate surface area is 145 Å². The molecule has 1 unspecified atom stereocenters. The molecule has 1 aliphatic heterocycles. The van der Waals surface area contributed by atoms with Gasteiger partial charge in [-0.25, -0.2) is 4.98 Å². The van der Waals surface area contributed by atoms with Crippen molar-refractivity contribution in [3.05, 3.63) is 22.1 Å². The number of fused-ring (bicyclic) bond motifs is 1. The molecular formula is C16H25N3O4S. The van der Waals surface area contributed by atoms with E-state index >= 15 is 0 Å². The molecule has 1 amide bonds. The van der Waals surface area contributed by atoms with Crippen LogP contribution in [0.3, 0.4) is 0 Å². The van der Waals surface area contributed by atoms with Gasteiger partial charge in [-0.3, -0.25) is 14.2 Å². The molecule has 0 bridgehead atoms. The van der Waals surface area contributed by atoms with Gasteiger partial charge >= 0.3 is 0 Å². The average Bonchev–Trinajstić information content (AvgIpc) is 2.53. The van der Waals surface area contributed by atoms with E-state index in [1.807, 2.05) is 20.8 Å². The van der Waals surface area contributed by atoms with Gasteiger partial charge in [-0.1, -0.05) is 32.5 Å². The summed E-state index contributed by atoms with van der Waals surface area (Å²) in [7, 11) is 0. The van der Waals surface area contributed by atoms with Crippen LogP contribution >= 0.6 is 11.8 Å². The first-order valence-corrected chi connectivity index (χ1v) is 9.02. The molecule has 134 valence electrons. The summed E-state index contributed by atoms with van der Waals surface area (Å²) in [6, 6.07) is 1.54. The second-order valence-electron chi connectivity index (χ2n) is 6.90. The highest BCUT2D eigenvalue weighted by Crippen LogP contribution is 2.28. The molecule has 0 fully saturated rings. The summed E-state index contributed by atoms with van der Waals surface area (Å²) >= 11 is 1.40. The Balaban J connectivity index is 2.23. The molecule has 2 rings (SSSR count). The molecule has 1 atom stereocenters. The minimum atomic E-state index is -0.361. The molecule has 2 heterocycles. The smallest absolute Gasteiger partial charge is 0.254 e. The number of amides is 1. The van der Waals surface area contributed by atoms with E-state index in [2.05, 4.69) is 4.98 Å². The van der Waals surface area contributed by atoms with E-state index in [1.54, 1.807) is 4.57 Å². The number of hydrogen-bond donors (Lipinski definition) is 2. The van der Waals surface area contributed by atoms with Gasteiger partial charge in [0.25, 0.3) is 5.56 Å². The van der Waals surface area contributed by atoms with E-state index in [0.717, 1.165) is 5.69 Å². The lowest BCUT2D eigenvalue weighted by Crippen LogP contribution is -2.44. The largest absolute Gasteiger partial charge is 0.395 e. The quantitative estimate of drug-likeness (QED) is 0.726. The average molecular weight is 355 g/mol. The first-order valence-electron chi connectivity index (χ1n) is 8.03. The van der Waals surface area contributed by atoms with Crippen molar-refractivity contribution in [3.8, 4) is 0 Å². The van der Waals surface area contributed by atoms with Gasteiger partial charge in [0.05, 0.1) is 24.8 Å². The maximum absolute atomic E-state index is 12.6. The van der Waals surface area contributed by atoms with Crippen LogP contribution in [0.25, 0.3) is 0 Å². The summed E-state index contributed by atoms with van der Waals surface area (Å²) in [5.41, 5.74) is 0.394. The van der Waals surface area contributed by atoms with Crippen LogP contribution in [0.1, 0.15) is 26.5 Å². The van der Waals surface area contributed by atoms with Gasteiger partial charge in [-0.05, 0) is 0 Å². The highest BCUT2D eigenvalue weighted by molar-refractivity contribution is 7.99. The number of carbonyl (C=O) groups excluding carboxylic acids is 1. The molecule has 7 nitrogen and oxygen atoms in total. The number of rotatable bonds is 5. The highest BCUT2D eigenvalue weighted by atomic mass is 32.2. The van der Waals surface area contributed by atoms with Crippen molar-refractivity contribution >= 4 is 17.7 Å². The maximum Gasteiger partial charge on any atom is 0.254 e. The van der Waals surface area contributed by atoms with E-state index < -0.39 is 0 Å². The Morgan fingerprint density at radius 3 is 2.54 bits per heavy atom. The van der Waals surface area contributed by atoms with Crippen LogP contribution in [0, 0.1) is 5.92 Å². The molecule has 1 aromatic heterocycles. The molecule has 0 saturated heterocycles. The standard InChI is InChI=1S/C16H25N3O4S/c1-16(2,3)12-8-13(22)19-9-11(10-24-15(19)17-12)14(23)18(4-6-20)5-7-21/h8,11,20-21H,4-7,9-10H2,1-3H3. The van der Waals surface area contributed by atoms with Crippen LogP contribution in [-0.4, -0.2) is 62.6 Å². The van der Waals surface area contributed by atoms with Crippen molar-refractivity contribution in [2.75, 3.05) is 32.1 Å². The van der Waals surface area contributed by atoms with Gasteiger partial charge in [-0.2, -0.15) is 0 Å². The summed E-state index contributed by atoms with van der Waals surface area (Å²) in [5, 5.41) is 18.8. The summed E-state index contributed by atoms with van der Waals surface area (Å²) in [4.78, 5) is 31.0. The number of carbonyl (C=O) groups is 1. The number of nitrogens with zero attached hydrogens (tertiary/aromatic N) is 3. The van der Waals surface area contributed by atoms with Gasteiger partial charge < -0.3 is 15.1 Å². The van der Waals surface area contributed by atoms with Crippen LogP contribution in [0.4, 0.5) is 0 Å². The van der Waals surface area contributed by atoms with Gasteiger partial charge in [0.15, 0.2) is 5.16 Å². The zero-order chi connectivity index (χ0) is 17.9. The van der Waals surface area contributed by atoms with Crippen LogP contribution in [0.5, 0.6) is 0 Å². The van der Waals surface area contributed by atoms with Crippen LogP contribution in [-0.2, 0) is 16.8 Å². The second-order valence-corrected chi connectivity index (χ2v) is 7.89. The summed E-state index contributed by atoms with van der Waals surface area (Å²) in [6.07, 6.45) is 0. The number of thioether (sulfide) groups is 1. The second kappa shape index (κ2) is 7.67. The van der Waals surface area contributed by atoms with E-state index in [0.29, 0.717) is 10.9 Å². The van der Waals surface area contributed by atoms with E-state index in [-0.39, 0.29) is 55.6 Å². The number of aliphatic hydroxyl groups is 2. The third kappa shape index (κ3) is 4.17. The molecular weight excluding hydrogens is 330 g/mol. The van der Waals surface area contributed by atoms with Crippen molar-refractivity contribution in [2.45, 2.75) is 37.9 Å². The molecule has 0 aliphatic carbocycles. The highest BCUT2D eigenvalue weighted by Gasteiger charge is 2.31. The minimum absolute atomic E-state index is 0.147. The fraction of sp³-hybridized carbons (Fsp3) is 0.688. The van der Waals surface area contributed by atoms with Gasteiger partial charge in [0, 0.05) is 36.9 Å². The summed E-state index contributed by atoms with van der Waals surface area (Å²) < 4.78 is 1.54. The molecule has 0 saturated carbocycles. The van der Waals surface area contributed by atoms with Gasteiger partial charge in [0.2, 0.25) is 5.91 Å². The maximum atomic E-state index is 12.6.